The van der Waals surface area contributed by atoms with Crippen molar-refractivity contribution < 1.29 is 0 Å². The molecule has 1 aliphatic heterocycles. The standard InChI is InChI=1S/C10H17N3S/c1-8-10(13-7-12-8)6-11-5-9-3-2-4-14-9/h7,9,11H,2-6H2,1H3,(H,12,13). The van der Waals surface area contributed by atoms with Crippen molar-refractivity contribution in [2.24, 2.45) is 0 Å². The van der Waals surface area contributed by atoms with Gasteiger partial charge in [0, 0.05) is 24.0 Å². The molecule has 1 fully saturated rings. The first-order valence-electron chi connectivity index (χ1n) is 5.17. The quantitative estimate of drug-likeness (QED) is 0.796. The summed E-state index contributed by atoms with van der Waals surface area (Å²) in [5.41, 5.74) is 2.32. The third kappa shape index (κ3) is 2.51. The van der Waals surface area contributed by atoms with E-state index in [1.165, 1.54) is 24.3 Å². The average Bonchev–Trinajstić information content (AvgIpc) is 2.78. The Kier molecular flexibility index (Phi) is 3.48. The molecule has 2 N–H and O–H groups in total. The fourth-order valence-corrected chi connectivity index (χ4v) is 2.96. The SMILES string of the molecule is Cc1[nH]cnc1CNCC1CCCS1. The molecule has 4 heteroatoms. The number of hydrogen-bond acceptors (Lipinski definition) is 3. The lowest BCUT2D eigenvalue weighted by Gasteiger charge is -2.08. The molecule has 0 aromatic carbocycles. The van der Waals surface area contributed by atoms with Crippen LogP contribution in [0.5, 0.6) is 0 Å². The zero-order chi connectivity index (χ0) is 9.80. The van der Waals surface area contributed by atoms with E-state index in [2.05, 4.69) is 34.0 Å². The van der Waals surface area contributed by atoms with Crippen LogP contribution in [0.25, 0.3) is 0 Å². The molecule has 1 aliphatic rings. The Balaban J connectivity index is 1.70. The van der Waals surface area contributed by atoms with Crippen molar-refractivity contribution in [2.45, 2.75) is 31.6 Å². The Morgan fingerprint density at radius 3 is 3.29 bits per heavy atom. The van der Waals surface area contributed by atoms with Crippen LogP contribution in [-0.4, -0.2) is 27.5 Å². The zero-order valence-corrected chi connectivity index (χ0v) is 9.36. The van der Waals surface area contributed by atoms with Gasteiger partial charge in [-0.15, -0.1) is 0 Å². The second kappa shape index (κ2) is 4.84. The van der Waals surface area contributed by atoms with Gasteiger partial charge in [-0.3, -0.25) is 0 Å². The highest BCUT2D eigenvalue weighted by atomic mass is 32.2. The second-order valence-corrected chi connectivity index (χ2v) is 5.15. The Bertz CT molecular complexity index is 279. The number of H-pyrrole nitrogens is 1. The van der Waals surface area contributed by atoms with Gasteiger partial charge in [0.25, 0.3) is 0 Å². The maximum Gasteiger partial charge on any atom is 0.0925 e. The van der Waals surface area contributed by atoms with Gasteiger partial charge in [0.05, 0.1) is 12.0 Å². The maximum absolute atomic E-state index is 4.26. The van der Waals surface area contributed by atoms with Crippen LogP contribution in [0.15, 0.2) is 6.33 Å². The van der Waals surface area contributed by atoms with Crippen LogP contribution >= 0.6 is 11.8 Å². The van der Waals surface area contributed by atoms with Crippen molar-refractivity contribution in [3.05, 3.63) is 17.7 Å². The van der Waals surface area contributed by atoms with Gasteiger partial charge < -0.3 is 10.3 Å². The summed E-state index contributed by atoms with van der Waals surface area (Å²) in [6.45, 7) is 4.08. The molecule has 2 heterocycles. The van der Waals surface area contributed by atoms with Crippen molar-refractivity contribution in [3.63, 3.8) is 0 Å². The Morgan fingerprint density at radius 2 is 2.64 bits per heavy atom. The molecule has 0 spiro atoms. The summed E-state index contributed by atoms with van der Waals surface area (Å²) in [5.74, 6) is 1.34. The minimum absolute atomic E-state index is 0.828. The molecule has 0 saturated carbocycles. The topological polar surface area (TPSA) is 40.7 Å². The number of rotatable bonds is 4. The Labute approximate surface area is 89.1 Å². The van der Waals surface area contributed by atoms with Crippen LogP contribution in [0.2, 0.25) is 0 Å². The molecule has 78 valence electrons. The smallest absolute Gasteiger partial charge is 0.0925 e. The second-order valence-electron chi connectivity index (χ2n) is 3.74. The summed E-state index contributed by atoms with van der Waals surface area (Å²) in [4.78, 5) is 7.35. The first kappa shape index (κ1) is 10.1. The molecule has 0 aliphatic carbocycles. The van der Waals surface area contributed by atoms with E-state index in [0.717, 1.165) is 24.0 Å². The Morgan fingerprint density at radius 1 is 1.71 bits per heavy atom. The highest BCUT2D eigenvalue weighted by molar-refractivity contribution is 8.00. The maximum atomic E-state index is 4.26. The lowest BCUT2D eigenvalue weighted by molar-refractivity contribution is 0.637. The van der Waals surface area contributed by atoms with E-state index in [1.807, 2.05) is 0 Å². The molecule has 0 bridgehead atoms. The van der Waals surface area contributed by atoms with E-state index in [9.17, 15) is 0 Å². The summed E-state index contributed by atoms with van der Waals surface area (Å²) in [6, 6.07) is 0. The first-order valence-corrected chi connectivity index (χ1v) is 6.22. The number of nitrogens with zero attached hydrogens (tertiary/aromatic N) is 1. The fraction of sp³-hybridized carbons (Fsp3) is 0.700. The summed E-state index contributed by atoms with van der Waals surface area (Å²) in [7, 11) is 0. The van der Waals surface area contributed by atoms with E-state index < -0.39 is 0 Å². The number of nitrogens with one attached hydrogen (secondary N) is 2. The van der Waals surface area contributed by atoms with E-state index >= 15 is 0 Å². The highest BCUT2D eigenvalue weighted by Gasteiger charge is 2.14. The van der Waals surface area contributed by atoms with Crippen LogP contribution in [0, 0.1) is 6.92 Å². The first-order chi connectivity index (χ1) is 6.86. The van der Waals surface area contributed by atoms with Crippen molar-refractivity contribution in [2.75, 3.05) is 12.3 Å². The molecule has 1 aromatic rings. The molecule has 2 rings (SSSR count). The predicted octanol–water partition coefficient (Wildman–Crippen LogP) is 1.70. The van der Waals surface area contributed by atoms with Gasteiger partial charge >= 0.3 is 0 Å². The molecule has 1 unspecified atom stereocenters. The average molecular weight is 211 g/mol. The molecular formula is C10H17N3S. The van der Waals surface area contributed by atoms with E-state index in [0.29, 0.717) is 0 Å². The lowest BCUT2D eigenvalue weighted by atomic mass is 10.2. The predicted molar refractivity (Wildman–Crippen MR) is 60.5 cm³/mol. The number of thioether (sulfide) groups is 1. The van der Waals surface area contributed by atoms with Crippen molar-refractivity contribution in [1.29, 1.82) is 0 Å². The van der Waals surface area contributed by atoms with Gasteiger partial charge in [0.1, 0.15) is 0 Å². The van der Waals surface area contributed by atoms with Gasteiger partial charge in [0.15, 0.2) is 0 Å². The van der Waals surface area contributed by atoms with Gasteiger partial charge in [0.2, 0.25) is 0 Å². The van der Waals surface area contributed by atoms with Crippen molar-refractivity contribution >= 4 is 11.8 Å². The van der Waals surface area contributed by atoms with Gasteiger partial charge in [-0.05, 0) is 25.5 Å². The third-order valence-corrected chi connectivity index (χ3v) is 4.02. The van der Waals surface area contributed by atoms with Gasteiger partial charge in [-0.1, -0.05) is 0 Å². The zero-order valence-electron chi connectivity index (χ0n) is 8.55. The van der Waals surface area contributed by atoms with Crippen molar-refractivity contribution in [1.82, 2.24) is 15.3 Å². The number of hydrogen-bond donors (Lipinski definition) is 2. The molecule has 1 aromatic heterocycles. The number of imidazole rings is 1. The number of aryl methyl sites for hydroxylation is 1. The number of aromatic nitrogens is 2. The molecule has 1 atom stereocenters. The number of aromatic amines is 1. The van der Waals surface area contributed by atoms with E-state index in [-0.39, 0.29) is 0 Å². The van der Waals surface area contributed by atoms with Crippen LogP contribution in [0.3, 0.4) is 0 Å². The van der Waals surface area contributed by atoms with E-state index in [4.69, 9.17) is 0 Å². The van der Waals surface area contributed by atoms with Crippen molar-refractivity contribution in [3.8, 4) is 0 Å². The molecule has 1 saturated heterocycles. The highest BCUT2D eigenvalue weighted by Crippen LogP contribution is 2.25. The minimum atomic E-state index is 0.828. The largest absolute Gasteiger partial charge is 0.348 e. The molecule has 0 amide bonds. The van der Waals surface area contributed by atoms with Crippen LogP contribution < -0.4 is 5.32 Å². The summed E-state index contributed by atoms with van der Waals surface area (Å²) in [5, 5.41) is 4.30. The molecule has 0 radical (unpaired) electrons. The van der Waals surface area contributed by atoms with Crippen LogP contribution in [0.1, 0.15) is 24.2 Å². The van der Waals surface area contributed by atoms with Crippen LogP contribution in [-0.2, 0) is 6.54 Å². The molecule has 3 nitrogen and oxygen atoms in total. The van der Waals surface area contributed by atoms with Gasteiger partial charge in [-0.25, -0.2) is 4.98 Å². The summed E-state index contributed by atoms with van der Waals surface area (Å²) < 4.78 is 0. The van der Waals surface area contributed by atoms with Crippen LogP contribution in [0.4, 0.5) is 0 Å². The Hall–Kier alpha value is -0.480. The third-order valence-electron chi connectivity index (χ3n) is 2.62. The normalized spacial score (nSPS) is 21.6. The molecular weight excluding hydrogens is 194 g/mol. The summed E-state index contributed by atoms with van der Waals surface area (Å²) in [6.07, 6.45) is 4.52. The lowest BCUT2D eigenvalue weighted by Crippen LogP contribution is -2.23. The monoisotopic (exact) mass is 211 g/mol. The van der Waals surface area contributed by atoms with E-state index in [1.54, 1.807) is 6.33 Å². The molecule has 14 heavy (non-hydrogen) atoms. The van der Waals surface area contributed by atoms with Gasteiger partial charge in [-0.2, -0.15) is 11.8 Å². The fourth-order valence-electron chi connectivity index (χ4n) is 1.72. The minimum Gasteiger partial charge on any atom is -0.348 e. The summed E-state index contributed by atoms with van der Waals surface area (Å²) >= 11 is 2.09.